The predicted octanol–water partition coefficient (Wildman–Crippen LogP) is 2.62. The second kappa shape index (κ2) is 8.34. The number of nitrogens with one attached hydrogen (secondary N) is 1. The maximum absolute atomic E-state index is 12.1. The van der Waals surface area contributed by atoms with Crippen molar-refractivity contribution in [1.82, 2.24) is 10.2 Å². The average Bonchev–Trinajstić information content (AvgIpc) is 2.54. The van der Waals surface area contributed by atoms with Gasteiger partial charge in [0.1, 0.15) is 5.75 Å². The molecule has 0 fully saturated rings. The fourth-order valence-corrected chi connectivity index (χ4v) is 2.41. The number of methoxy groups -OCH3 is 1. The van der Waals surface area contributed by atoms with E-state index in [4.69, 9.17) is 4.74 Å². The first-order valence-electron chi connectivity index (χ1n) is 7.69. The van der Waals surface area contributed by atoms with Gasteiger partial charge in [-0.1, -0.05) is 42.5 Å². The molecule has 0 bridgehead atoms. The fourth-order valence-electron chi connectivity index (χ4n) is 2.41. The molecule has 4 nitrogen and oxygen atoms in total. The molecule has 0 heterocycles. The normalized spacial score (nSPS) is 10.6. The molecule has 0 radical (unpaired) electrons. The number of benzene rings is 2. The van der Waals surface area contributed by atoms with E-state index in [-0.39, 0.29) is 5.91 Å². The van der Waals surface area contributed by atoms with Crippen molar-refractivity contribution >= 4 is 5.91 Å². The molecular weight excluding hydrogens is 288 g/mol. The lowest BCUT2D eigenvalue weighted by Gasteiger charge is -2.11. The van der Waals surface area contributed by atoms with Gasteiger partial charge in [-0.2, -0.15) is 0 Å². The van der Waals surface area contributed by atoms with Gasteiger partial charge in [0.2, 0.25) is 5.91 Å². The Labute approximate surface area is 138 Å². The van der Waals surface area contributed by atoms with Gasteiger partial charge in [-0.3, -0.25) is 4.79 Å². The van der Waals surface area contributed by atoms with Crippen LogP contribution in [0.3, 0.4) is 0 Å². The Morgan fingerprint density at radius 2 is 1.70 bits per heavy atom. The summed E-state index contributed by atoms with van der Waals surface area (Å²) in [4.78, 5) is 14.2. The van der Waals surface area contributed by atoms with Crippen molar-refractivity contribution in [1.29, 1.82) is 0 Å². The lowest BCUT2D eigenvalue weighted by Crippen LogP contribution is -2.24. The number of amides is 1. The first kappa shape index (κ1) is 17.0. The third kappa shape index (κ3) is 5.42. The molecule has 23 heavy (non-hydrogen) atoms. The third-order valence-electron chi connectivity index (χ3n) is 3.55. The van der Waals surface area contributed by atoms with Gasteiger partial charge < -0.3 is 15.0 Å². The minimum Gasteiger partial charge on any atom is -0.496 e. The highest BCUT2D eigenvalue weighted by Crippen LogP contribution is 2.17. The van der Waals surface area contributed by atoms with E-state index in [1.165, 1.54) is 5.56 Å². The third-order valence-corrected chi connectivity index (χ3v) is 3.55. The zero-order valence-electron chi connectivity index (χ0n) is 14.0. The van der Waals surface area contributed by atoms with Crippen LogP contribution in [0.4, 0.5) is 0 Å². The summed E-state index contributed by atoms with van der Waals surface area (Å²) in [5.74, 6) is 0.738. The molecule has 0 saturated carbocycles. The molecule has 1 N–H and O–H groups in total. The van der Waals surface area contributed by atoms with Gasteiger partial charge in [-0.15, -0.1) is 0 Å². The zero-order valence-corrected chi connectivity index (χ0v) is 14.0. The highest BCUT2D eigenvalue weighted by Gasteiger charge is 2.08. The molecular formula is C19H24N2O2. The van der Waals surface area contributed by atoms with E-state index in [2.05, 4.69) is 34.5 Å². The molecule has 0 aliphatic heterocycles. The van der Waals surface area contributed by atoms with Gasteiger partial charge in [-0.25, -0.2) is 0 Å². The van der Waals surface area contributed by atoms with Crippen molar-refractivity contribution in [3.63, 3.8) is 0 Å². The predicted molar refractivity (Wildman–Crippen MR) is 92.4 cm³/mol. The molecule has 0 aliphatic rings. The fraction of sp³-hybridized carbons (Fsp3) is 0.316. The number of hydrogen-bond donors (Lipinski definition) is 1. The Hall–Kier alpha value is -2.33. The van der Waals surface area contributed by atoms with E-state index >= 15 is 0 Å². The summed E-state index contributed by atoms with van der Waals surface area (Å²) in [5, 5.41) is 2.95. The summed E-state index contributed by atoms with van der Waals surface area (Å²) in [7, 11) is 5.71. The summed E-state index contributed by atoms with van der Waals surface area (Å²) < 4.78 is 5.27. The summed E-state index contributed by atoms with van der Waals surface area (Å²) in [6, 6.07) is 15.9. The van der Waals surface area contributed by atoms with Crippen LogP contribution in [-0.2, 0) is 24.3 Å². The summed E-state index contributed by atoms with van der Waals surface area (Å²) in [6.45, 7) is 1.46. The Kier molecular flexibility index (Phi) is 6.18. The molecule has 0 aromatic heterocycles. The van der Waals surface area contributed by atoms with E-state index < -0.39 is 0 Å². The number of rotatable bonds is 7. The number of para-hydroxylation sites is 1. The van der Waals surface area contributed by atoms with Crippen LogP contribution in [0.15, 0.2) is 48.5 Å². The lowest BCUT2D eigenvalue weighted by molar-refractivity contribution is -0.120. The van der Waals surface area contributed by atoms with Crippen molar-refractivity contribution in [2.24, 2.45) is 0 Å². The number of carbonyl (C=O) groups excluding carboxylic acids is 1. The van der Waals surface area contributed by atoms with E-state index in [0.717, 1.165) is 23.4 Å². The smallest absolute Gasteiger partial charge is 0.224 e. The van der Waals surface area contributed by atoms with Gasteiger partial charge in [0.15, 0.2) is 0 Å². The van der Waals surface area contributed by atoms with Gasteiger partial charge in [0.25, 0.3) is 0 Å². The molecule has 1 amide bonds. The van der Waals surface area contributed by atoms with Crippen LogP contribution < -0.4 is 10.1 Å². The molecule has 0 saturated heterocycles. The van der Waals surface area contributed by atoms with E-state index in [0.29, 0.717) is 13.0 Å². The van der Waals surface area contributed by atoms with Gasteiger partial charge >= 0.3 is 0 Å². The summed E-state index contributed by atoms with van der Waals surface area (Å²) in [6.07, 6.45) is 0.322. The quantitative estimate of drug-likeness (QED) is 0.854. The van der Waals surface area contributed by atoms with Crippen LogP contribution >= 0.6 is 0 Å². The standard InChI is InChI=1S/C19H24N2O2/c1-21(2)14-16-10-8-15(9-11-16)13-20-19(22)12-17-6-4-5-7-18(17)23-3/h4-11H,12-14H2,1-3H3,(H,20,22). The molecule has 2 aromatic rings. The molecule has 2 aromatic carbocycles. The zero-order chi connectivity index (χ0) is 16.7. The Morgan fingerprint density at radius 1 is 1.04 bits per heavy atom. The Morgan fingerprint density at radius 3 is 2.35 bits per heavy atom. The molecule has 0 atom stereocenters. The van der Waals surface area contributed by atoms with Crippen LogP contribution in [0, 0.1) is 0 Å². The topological polar surface area (TPSA) is 41.6 Å². The number of ether oxygens (including phenoxy) is 1. The largest absolute Gasteiger partial charge is 0.496 e. The second-order valence-electron chi connectivity index (χ2n) is 5.82. The van der Waals surface area contributed by atoms with Gasteiger partial charge in [-0.05, 0) is 31.3 Å². The first-order chi connectivity index (χ1) is 11.1. The maximum Gasteiger partial charge on any atom is 0.224 e. The van der Waals surface area contributed by atoms with E-state index in [1.807, 2.05) is 38.4 Å². The Balaban J connectivity index is 1.86. The number of nitrogens with zero attached hydrogens (tertiary/aromatic N) is 1. The average molecular weight is 312 g/mol. The number of hydrogen-bond acceptors (Lipinski definition) is 3. The van der Waals surface area contributed by atoms with Gasteiger partial charge in [0, 0.05) is 18.7 Å². The SMILES string of the molecule is COc1ccccc1CC(=O)NCc1ccc(CN(C)C)cc1. The van der Waals surface area contributed by atoms with Crippen molar-refractivity contribution < 1.29 is 9.53 Å². The Bertz CT molecular complexity index is 636. The molecule has 2 rings (SSSR count). The lowest BCUT2D eigenvalue weighted by atomic mass is 10.1. The second-order valence-corrected chi connectivity index (χ2v) is 5.82. The van der Waals surface area contributed by atoms with E-state index in [9.17, 15) is 4.79 Å². The van der Waals surface area contributed by atoms with Crippen molar-refractivity contribution in [2.45, 2.75) is 19.5 Å². The molecule has 0 unspecified atom stereocenters. The molecule has 4 heteroatoms. The molecule has 122 valence electrons. The van der Waals surface area contributed by atoms with Crippen LogP contribution in [0.25, 0.3) is 0 Å². The van der Waals surface area contributed by atoms with Crippen molar-refractivity contribution in [2.75, 3.05) is 21.2 Å². The van der Waals surface area contributed by atoms with E-state index in [1.54, 1.807) is 7.11 Å². The van der Waals surface area contributed by atoms with Crippen LogP contribution in [0.1, 0.15) is 16.7 Å². The molecule has 0 aliphatic carbocycles. The minimum atomic E-state index is -0.00753. The van der Waals surface area contributed by atoms with Crippen LogP contribution in [-0.4, -0.2) is 32.0 Å². The highest BCUT2D eigenvalue weighted by atomic mass is 16.5. The minimum absolute atomic E-state index is 0.00753. The molecule has 0 spiro atoms. The maximum atomic E-state index is 12.1. The van der Waals surface area contributed by atoms with Gasteiger partial charge in [0.05, 0.1) is 13.5 Å². The van der Waals surface area contributed by atoms with Crippen molar-refractivity contribution in [3.05, 3.63) is 65.2 Å². The van der Waals surface area contributed by atoms with Crippen LogP contribution in [0.5, 0.6) is 5.75 Å². The summed E-state index contributed by atoms with van der Waals surface area (Å²) in [5.41, 5.74) is 3.26. The highest BCUT2D eigenvalue weighted by molar-refractivity contribution is 5.79. The first-order valence-corrected chi connectivity index (χ1v) is 7.69. The monoisotopic (exact) mass is 312 g/mol. The van der Waals surface area contributed by atoms with Crippen LogP contribution in [0.2, 0.25) is 0 Å². The number of carbonyl (C=O) groups is 1. The summed E-state index contributed by atoms with van der Waals surface area (Å²) >= 11 is 0. The van der Waals surface area contributed by atoms with Crippen molar-refractivity contribution in [3.8, 4) is 5.75 Å².